The van der Waals surface area contributed by atoms with Gasteiger partial charge in [-0.25, -0.2) is 0 Å². The number of anilines is 1. The second-order valence-corrected chi connectivity index (χ2v) is 13.3. The molecular weight excluding hydrogens is 646 g/mol. The minimum absolute atomic E-state index is 0.0258. The normalized spacial score (nSPS) is 18.1. The van der Waals surface area contributed by atoms with Crippen LogP contribution in [0.4, 0.5) is 22.7 Å². The summed E-state index contributed by atoms with van der Waals surface area (Å²) in [6.07, 6.45) is 0. The Morgan fingerprint density at radius 2 is 1.35 bits per heavy atom. The predicted octanol–water partition coefficient (Wildman–Crippen LogP) is 3.60. The van der Waals surface area contributed by atoms with Gasteiger partial charge in [-0.15, -0.1) is 0 Å². The van der Waals surface area contributed by atoms with Gasteiger partial charge in [0.05, 0.1) is 0 Å². The molecule has 1 atom stereocenters. The van der Waals surface area contributed by atoms with Crippen LogP contribution >= 0.6 is 0 Å². The third kappa shape index (κ3) is 4.04. The van der Waals surface area contributed by atoms with Gasteiger partial charge in [0.15, 0.2) is 0 Å². The molecule has 2 aliphatic rings. The number of benzene rings is 4. The average molecular weight is 666 g/mol. The van der Waals surface area contributed by atoms with E-state index < -0.39 is 34.6 Å². The number of nitro groups is 2. The summed E-state index contributed by atoms with van der Waals surface area (Å²) < 4.78 is 13.1. The zero-order valence-electron chi connectivity index (χ0n) is 21.1. The van der Waals surface area contributed by atoms with Crippen LogP contribution in [0.15, 0.2) is 89.9 Å². The molecule has 0 unspecified atom stereocenters. The first-order chi connectivity index (χ1) is 19.4. The minimum atomic E-state index is -0.947. The topological polar surface area (TPSA) is 120 Å². The van der Waals surface area contributed by atoms with E-state index in [9.17, 15) is 20.2 Å². The number of rotatable bonds is 6. The molecule has 10 nitrogen and oxygen atoms in total. The van der Waals surface area contributed by atoms with Gasteiger partial charge < -0.3 is 0 Å². The summed E-state index contributed by atoms with van der Waals surface area (Å²) in [5, 5.41) is 24.3. The van der Waals surface area contributed by atoms with Gasteiger partial charge in [0, 0.05) is 0 Å². The van der Waals surface area contributed by atoms with Crippen molar-refractivity contribution in [2.75, 3.05) is 18.1 Å². The third-order valence-electron chi connectivity index (χ3n) is 6.66. The summed E-state index contributed by atoms with van der Waals surface area (Å²) in [4.78, 5) is 28.7. The fourth-order valence-corrected chi connectivity index (χ4v) is 11.9. The molecule has 2 heterocycles. The van der Waals surface area contributed by atoms with Gasteiger partial charge in [-0.2, -0.15) is 0 Å². The van der Waals surface area contributed by atoms with Crippen LogP contribution in [0.2, 0.25) is 0 Å². The van der Waals surface area contributed by atoms with Gasteiger partial charge in [0.2, 0.25) is 0 Å². The number of fused-ring (bicyclic) bond motifs is 3. The van der Waals surface area contributed by atoms with Gasteiger partial charge in [-0.1, -0.05) is 0 Å². The van der Waals surface area contributed by atoms with E-state index in [1.54, 1.807) is 38.5 Å². The number of hydrogen-bond acceptors (Lipinski definition) is 8. The van der Waals surface area contributed by atoms with E-state index in [1.807, 2.05) is 48.5 Å². The van der Waals surface area contributed by atoms with Crippen molar-refractivity contribution in [3.63, 3.8) is 0 Å². The third-order valence-corrected chi connectivity index (χ3v) is 13.1. The molecule has 4 aromatic rings. The molecule has 40 heavy (non-hydrogen) atoms. The number of hydrogen-bond donors (Lipinski definition) is 0. The first-order valence-corrected chi connectivity index (χ1v) is 15.3. The van der Waals surface area contributed by atoms with E-state index >= 15 is 0 Å². The Morgan fingerprint density at radius 1 is 0.775 bits per heavy atom. The van der Waals surface area contributed by atoms with Crippen molar-refractivity contribution < 1.29 is 19.3 Å². The van der Waals surface area contributed by atoms with E-state index in [1.165, 1.54) is 12.1 Å². The van der Waals surface area contributed by atoms with Crippen LogP contribution in [0.3, 0.4) is 0 Å². The van der Waals surface area contributed by atoms with Crippen LogP contribution in [-0.4, -0.2) is 59.9 Å². The molecule has 0 radical (unpaired) electrons. The molecule has 2 aliphatic heterocycles. The molecule has 4 aromatic carbocycles. The Kier molecular flexibility index (Phi) is 6.56. The molecule has 6 rings (SSSR count). The van der Waals surface area contributed by atoms with Gasteiger partial charge in [-0.3, -0.25) is 0 Å². The summed E-state index contributed by atoms with van der Waals surface area (Å²) in [5.74, 6) is 1.35. The molecular formula is C28H20N4O6Se2. The van der Waals surface area contributed by atoms with Crippen molar-refractivity contribution >= 4 is 67.5 Å². The molecule has 12 heteroatoms. The van der Waals surface area contributed by atoms with Crippen LogP contribution in [0, 0.1) is 20.2 Å². The van der Waals surface area contributed by atoms with Gasteiger partial charge in [0.25, 0.3) is 0 Å². The van der Waals surface area contributed by atoms with Gasteiger partial charge in [0.1, 0.15) is 0 Å². The van der Waals surface area contributed by atoms with Crippen molar-refractivity contribution in [1.82, 2.24) is 0 Å². The molecule has 0 saturated carbocycles. The quantitative estimate of drug-likeness (QED) is 0.175. The molecule has 0 fully saturated rings. The number of methoxy groups -OCH3 is 2. The van der Waals surface area contributed by atoms with E-state index in [2.05, 4.69) is 3.92 Å². The van der Waals surface area contributed by atoms with Crippen LogP contribution in [0.1, 0.15) is 11.1 Å². The monoisotopic (exact) mass is 668 g/mol. The second kappa shape index (κ2) is 10.1. The maximum absolute atomic E-state index is 12.2. The van der Waals surface area contributed by atoms with Crippen molar-refractivity contribution in [3.8, 4) is 11.5 Å². The van der Waals surface area contributed by atoms with E-state index in [0.29, 0.717) is 37.4 Å². The first kappa shape index (κ1) is 26.0. The molecule has 0 N–H and O–H groups in total. The second-order valence-electron chi connectivity index (χ2n) is 8.81. The zero-order chi connectivity index (χ0) is 28.0. The Morgan fingerprint density at radius 3 is 1.95 bits per heavy atom. The summed E-state index contributed by atoms with van der Waals surface area (Å²) in [7, 11) is 3.17. The Labute approximate surface area is 241 Å². The summed E-state index contributed by atoms with van der Waals surface area (Å²) in [5.41, 5.74) is 3.61. The number of aliphatic imine (C=N–C) groups is 1. The van der Waals surface area contributed by atoms with Gasteiger partial charge >= 0.3 is 242 Å². The summed E-state index contributed by atoms with van der Waals surface area (Å²) >= 11 is -1.09. The van der Waals surface area contributed by atoms with E-state index in [-0.39, 0.29) is 21.2 Å². The number of ether oxygens (including phenoxy) is 2. The van der Waals surface area contributed by atoms with Crippen molar-refractivity contribution in [3.05, 3.63) is 116 Å². The van der Waals surface area contributed by atoms with Gasteiger partial charge in [-0.05, 0) is 0 Å². The molecule has 1 spiro atoms. The predicted molar refractivity (Wildman–Crippen MR) is 153 cm³/mol. The standard InChI is InChI=1S/C28H20N4O6Se2/c1-37-19-13-9-17(10-14-19)29-27-21-5-3-7-23(31(33)34)25(21)39-28(27)22-6-4-8-24(32(35)36)26(22)40-30(28)18-11-15-20(38-2)16-12-18/h3-16H,1-2H3/t28-/m1/s1. The number of nitro benzene ring substituents is 2. The molecule has 0 aromatic heterocycles. The fourth-order valence-electron chi connectivity index (χ4n) is 4.83. The number of nitrogens with zero attached hydrogens (tertiary/aromatic N) is 4. The Bertz CT molecular complexity index is 1690. The van der Waals surface area contributed by atoms with Crippen molar-refractivity contribution in [2.24, 2.45) is 4.99 Å². The summed E-state index contributed by atoms with van der Waals surface area (Å²) in [6.45, 7) is 0. The fraction of sp³-hybridized carbons (Fsp3) is 0.107. The van der Waals surface area contributed by atoms with E-state index in [0.717, 1.165) is 11.3 Å². The summed E-state index contributed by atoms with van der Waals surface area (Å²) in [6, 6.07) is 24.9. The molecule has 0 aliphatic carbocycles. The maximum atomic E-state index is 12.2. The Hall–Kier alpha value is -4.21. The first-order valence-electron chi connectivity index (χ1n) is 12.0. The molecule has 0 saturated heterocycles. The average Bonchev–Trinajstić information content (AvgIpc) is 3.48. The van der Waals surface area contributed by atoms with Crippen molar-refractivity contribution in [1.29, 1.82) is 0 Å². The molecule has 0 amide bonds. The van der Waals surface area contributed by atoms with Crippen LogP contribution in [0.5, 0.6) is 11.5 Å². The zero-order valence-corrected chi connectivity index (χ0v) is 24.6. The molecule has 0 bridgehead atoms. The SMILES string of the molecule is COc1ccc(N=C2c3cccc([N+](=O)[O-])c3[Se][C@]23c2cccc([N+](=O)[O-])c2[Se]N3c2ccc(OC)cc2)cc1. The Balaban J connectivity index is 1.67. The van der Waals surface area contributed by atoms with Crippen LogP contribution < -0.4 is 22.3 Å². The van der Waals surface area contributed by atoms with Crippen LogP contribution in [0.25, 0.3) is 0 Å². The van der Waals surface area contributed by atoms with E-state index in [4.69, 9.17) is 14.5 Å². The van der Waals surface area contributed by atoms with Crippen molar-refractivity contribution in [2.45, 2.75) is 4.44 Å². The molecule has 200 valence electrons. The van der Waals surface area contributed by atoms with Crippen LogP contribution in [-0.2, 0) is 4.44 Å².